The predicted octanol–water partition coefficient (Wildman–Crippen LogP) is 4.08. The minimum Gasteiger partial charge on any atom is -0.490 e. The van der Waals surface area contributed by atoms with Crippen LogP contribution in [0.25, 0.3) is 10.9 Å². The highest BCUT2D eigenvalue weighted by Crippen LogP contribution is 2.31. The predicted molar refractivity (Wildman–Crippen MR) is 86.2 cm³/mol. The number of allylic oxidation sites excluding steroid dienone is 1. The van der Waals surface area contributed by atoms with Crippen molar-refractivity contribution < 1.29 is 14.3 Å². The Hall–Kier alpha value is -2.23. The molecule has 1 unspecified atom stereocenters. The molecule has 4 nitrogen and oxygen atoms in total. The van der Waals surface area contributed by atoms with E-state index < -0.39 is 0 Å². The summed E-state index contributed by atoms with van der Waals surface area (Å²) in [5, 5.41) is 0.922. The van der Waals surface area contributed by atoms with E-state index in [2.05, 4.69) is 17.1 Å². The molecule has 0 saturated carbocycles. The number of para-hydroxylation sites is 1. The molecule has 2 aromatic rings. The summed E-state index contributed by atoms with van der Waals surface area (Å²) in [6.07, 6.45) is 7.90. The molecule has 4 heteroatoms. The van der Waals surface area contributed by atoms with Crippen LogP contribution in [-0.2, 0) is 4.74 Å². The second kappa shape index (κ2) is 6.69. The van der Waals surface area contributed by atoms with Gasteiger partial charge in [0.05, 0.1) is 13.2 Å². The molecule has 0 amide bonds. The minimum atomic E-state index is -0.368. The molecule has 3 rings (SSSR count). The fourth-order valence-electron chi connectivity index (χ4n) is 2.83. The molecule has 1 N–H and O–H groups in total. The average Bonchev–Trinajstić information content (AvgIpc) is 2.93. The molecule has 0 bridgehead atoms. The molecule has 0 spiro atoms. The molecular weight excluding hydrogens is 278 g/mol. The molecule has 1 heterocycles. The molecule has 0 aliphatic heterocycles. The maximum absolute atomic E-state index is 12.1. The lowest BCUT2D eigenvalue weighted by Gasteiger charge is -2.17. The summed E-state index contributed by atoms with van der Waals surface area (Å²) in [5.41, 5.74) is 1.29. The van der Waals surface area contributed by atoms with Crippen LogP contribution in [-0.4, -0.2) is 24.2 Å². The van der Waals surface area contributed by atoms with Gasteiger partial charge in [0.15, 0.2) is 11.4 Å². The second-order valence-corrected chi connectivity index (χ2v) is 5.53. The summed E-state index contributed by atoms with van der Waals surface area (Å²) in [6.45, 7) is 2.73. The molecule has 1 atom stereocenters. The Morgan fingerprint density at radius 1 is 1.36 bits per heavy atom. The zero-order chi connectivity index (χ0) is 15.4. The third-order valence-electron chi connectivity index (χ3n) is 3.93. The number of benzene rings is 1. The Morgan fingerprint density at radius 2 is 2.23 bits per heavy atom. The topological polar surface area (TPSA) is 51.3 Å². The Bertz CT molecular complexity index is 687. The highest BCUT2D eigenvalue weighted by molar-refractivity contribution is 6.00. The first kappa shape index (κ1) is 14.7. The van der Waals surface area contributed by atoms with E-state index in [0.717, 1.165) is 23.7 Å². The lowest BCUT2D eigenvalue weighted by Crippen LogP contribution is -2.14. The molecule has 1 aromatic heterocycles. The van der Waals surface area contributed by atoms with E-state index >= 15 is 0 Å². The molecule has 0 saturated heterocycles. The van der Waals surface area contributed by atoms with Gasteiger partial charge in [0.1, 0.15) is 0 Å². The zero-order valence-corrected chi connectivity index (χ0v) is 12.8. The number of nitrogens with one attached hydrogen (secondary N) is 1. The van der Waals surface area contributed by atoms with Gasteiger partial charge >= 0.3 is 5.97 Å². The number of carbonyl (C=O) groups is 1. The number of carbonyl (C=O) groups excluding carboxylic acids is 1. The van der Waals surface area contributed by atoms with Gasteiger partial charge in [-0.1, -0.05) is 24.3 Å². The van der Waals surface area contributed by atoms with Crippen molar-refractivity contribution in [3.05, 3.63) is 42.1 Å². The lowest BCUT2D eigenvalue weighted by atomic mass is 9.97. The van der Waals surface area contributed by atoms with Crippen LogP contribution in [0.15, 0.2) is 36.4 Å². The van der Waals surface area contributed by atoms with Crippen LogP contribution in [0.2, 0.25) is 0 Å². The van der Waals surface area contributed by atoms with E-state index in [-0.39, 0.29) is 5.97 Å². The molecule has 1 aliphatic carbocycles. The molecule has 0 radical (unpaired) electrons. The number of rotatable bonds is 5. The number of aromatic amines is 1. The van der Waals surface area contributed by atoms with Crippen molar-refractivity contribution >= 4 is 16.9 Å². The van der Waals surface area contributed by atoms with Gasteiger partial charge in [0, 0.05) is 16.8 Å². The zero-order valence-electron chi connectivity index (χ0n) is 12.8. The Kier molecular flexibility index (Phi) is 4.47. The van der Waals surface area contributed by atoms with Crippen molar-refractivity contribution in [2.24, 2.45) is 5.92 Å². The van der Waals surface area contributed by atoms with Crippen molar-refractivity contribution in [3.8, 4) is 5.75 Å². The summed E-state index contributed by atoms with van der Waals surface area (Å²) < 4.78 is 11.1. The molecule has 0 fully saturated rings. The maximum Gasteiger partial charge on any atom is 0.358 e. The summed E-state index contributed by atoms with van der Waals surface area (Å²) in [4.78, 5) is 15.3. The van der Waals surface area contributed by atoms with E-state index in [0.29, 0.717) is 30.6 Å². The monoisotopic (exact) mass is 299 g/mol. The Labute approximate surface area is 130 Å². The van der Waals surface area contributed by atoms with Gasteiger partial charge in [0.2, 0.25) is 0 Å². The van der Waals surface area contributed by atoms with Gasteiger partial charge in [-0.3, -0.25) is 0 Å². The number of esters is 1. The minimum absolute atomic E-state index is 0.346. The smallest absolute Gasteiger partial charge is 0.358 e. The first-order valence-electron chi connectivity index (χ1n) is 7.87. The largest absolute Gasteiger partial charge is 0.490 e. The number of H-pyrrole nitrogens is 1. The summed E-state index contributed by atoms with van der Waals surface area (Å²) in [6, 6.07) is 7.77. The quantitative estimate of drug-likeness (QED) is 0.668. The van der Waals surface area contributed by atoms with Gasteiger partial charge in [-0.25, -0.2) is 4.79 Å². The van der Waals surface area contributed by atoms with Crippen molar-refractivity contribution in [2.45, 2.75) is 26.2 Å². The first-order chi connectivity index (χ1) is 10.8. The van der Waals surface area contributed by atoms with E-state index in [1.807, 2.05) is 24.3 Å². The van der Waals surface area contributed by atoms with Crippen LogP contribution in [0.1, 0.15) is 36.7 Å². The first-order valence-corrected chi connectivity index (χ1v) is 7.87. The van der Waals surface area contributed by atoms with Gasteiger partial charge in [-0.2, -0.15) is 0 Å². The van der Waals surface area contributed by atoms with Gasteiger partial charge in [-0.15, -0.1) is 0 Å². The van der Waals surface area contributed by atoms with E-state index in [1.165, 1.54) is 6.42 Å². The number of fused-ring (bicyclic) bond motifs is 1. The van der Waals surface area contributed by atoms with Crippen LogP contribution in [0.5, 0.6) is 5.75 Å². The van der Waals surface area contributed by atoms with Crippen LogP contribution in [0.4, 0.5) is 0 Å². The van der Waals surface area contributed by atoms with Crippen LogP contribution in [0, 0.1) is 5.92 Å². The van der Waals surface area contributed by atoms with Crippen molar-refractivity contribution in [1.29, 1.82) is 0 Å². The Morgan fingerprint density at radius 3 is 3.00 bits per heavy atom. The Balaban J connectivity index is 1.87. The number of hydrogen-bond donors (Lipinski definition) is 1. The van der Waals surface area contributed by atoms with Crippen LogP contribution in [0.3, 0.4) is 0 Å². The average molecular weight is 299 g/mol. The fourth-order valence-corrected chi connectivity index (χ4v) is 2.83. The highest BCUT2D eigenvalue weighted by Gasteiger charge is 2.21. The third-order valence-corrected chi connectivity index (χ3v) is 3.93. The molecular formula is C18H21NO3. The molecule has 1 aliphatic rings. The SMILES string of the molecule is CCOC(=O)c1[nH]c2ccccc2c1OCC1C=CCCC1. The highest BCUT2D eigenvalue weighted by atomic mass is 16.5. The summed E-state index contributed by atoms with van der Waals surface area (Å²) in [7, 11) is 0. The number of aromatic nitrogens is 1. The van der Waals surface area contributed by atoms with Crippen molar-refractivity contribution in [1.82, 2.24) is 4.98 Å². The fraction of sp³-hybridized carbons (Fsp3) is 0.389. The van der Waals surface area contributed by atoms with E-state index in [4.69, 9.17) is 9.47 Å². The number of hydrogen-bond acceptors (Lipinski definition) is 3. The van der Waals surface area contributed by atoms with E-state index in [1.54, 1.807) is 6.92 Å². The molecule has 1 aromatic carbocycles. The summed E-state index contributed by atoms with van der Waals surface area (Å²) >= 11 is 0. The van der Waals surface area contributed by atoms with Crippen LogP contribution < -0.4 is 4.74 Å². The van der Waals surface area contributed by atoms with Crippen molar-refractivity contribution in [2.75, 3.05) is 13.2 Å². The number of ether oxygens (including phenoxy) is 2. The van der Waals surface area contributed by atoms with Gasteiger partial charge in [-0.05, 0) is 38.3 Å². The van der Waals surface area contributed by atoms with Crippen molar-refractivity contribution in [3.63, 3.8) is 0 Å². The summed E-state index contributed by atoms with van der Waals surface area (Å²) in [5.74, 6) is 0.651. The van der Waals surface area contributed by atoms with Gasteiger partial charge < -0.3 is 14.5 Å². The maximum atomic E-state index is 12.1. The second-order valence-electron chi connectivity index (χ2n) is 5.53. The third kappa shape index (κ3) is 3.01. The standard InChI is InChI=1S/C18H21NO3/c1-2-21-18(20)16-17(14-10-6-7-11-15(14)19-16)22-12-13-8-4-3-5-9-13/h4,6-8,10-11,13,19H,2-3,5,9,12H2,1H3. The van der Waals surface area contributed by atoms with E-state index in [9.17, 15) is 4.79 Å². The molecule has 22 heavy (non-hydrogen) atoms. The van der Waals surface area contributed by atoms with Crippen LogP contribution >= 0.6 is 0 Å². The normalized spacial score (nSPS) is 17.6. The lowest BCUT2D eigenvalue weighted by molar-refractivity contribution is 0.0515. The molecule has 116 valence electrons. The van der Waals surface area contributed by atoms with Gasteiger partial charge in [0.25, 0.3) is 0 Å².